The minimum absolute atomic E-state index is 0.424. The van der Waals surface area contributed by atoms with Gasteiger partial charge in [0.05, 0.1) is 10.5 Å². The van der Waals surface area contributed by atoms with E-state index >= 15 is 0 Å². The minimum atomic E-state index is -1.12. The van der Waals surface area contributed by atoms with E-state index in [2.05, 4.69) is 6.07 Å². The summed E-state index contributed by atoms with van der Waals surface area (Å²) in [7, 11) is -1.12. The molecular formula is C12H17NO2S. The van der Waals surface area contributed by atoms with Gasteiger partial charge in [-0.15, -0.1) is 0 Å². The lowest BCUT2D eigenvalue weighted by Crippen LogP contribution is -2.36. The molecule has 16 heavy (non-hydrogen) atoms. The van der Waals surface area contributed by atoms with Crippen LogP contribution in [0.5, 0.6) is 0 Å². The Morgan fingerprint density at radius 1 is 1.50 bits per heavy atom. The number of hydrogen-bond donors (Lipinski definition) is 1. The average Bonchev–Trinajstić information content (AvgIpc) is 2.40. The SMILES string of the molecule is Cc1ccc2c(c1)CN(CC(C)(C)O)S2=O. The third-order valence-corrected chi connectivity index (χ3v) is 4.05. The Hall–Kier alpha value is -0.710. The number of hydrogen-bond acceptors (Lipinski definition) is 2. The van der Waals surface area contributed by atoms with Crippen LogP contribution in [-0.2, 0) is 17.5 Å². The van der Waals surface area contributed by atoms with Crippen molar-refractivity contribution in [2.24, 2.45) is 0 Å². The molecule has 1 aromatic carbocycles. The van der Waals surface area contributed by atoms with E-state index in [-0.39, 0.29) is 0 Å². The zero-order valence-corrected chi connectivity index (χ0v) is 10.7. The first-order chi connectivity index (χ1) is 7.37. The first-order valence-electron chi connectivity index (χ1n) is 5.35. The maximum absolute atomic E-state index is 12.1. The third kappa shape index (κ3) is 2.34. The molecule has 3 nitrogen and oxygen atoms in total. The summed E-state index contributed by atoms with van der Waals surface area (Å²) in [5.74, 6) is 0. The van der Waals surface area contributed by atoms with Gasteiger partial charge in [-0.25, -0.2) is 8.51 Å². The summed E-state index contributed by atoms with van der Waals surface area (Å²) in [6.07, 6.45) is 0. The van der Waals surface area contributed by atoms with Crippen molar-refractivity contribution in [2.45, 2.75) is 37.8 Å². The van der Waals surface area contributed by atoms with E-state index < -0.39 is 16.6 Å². The van der Waals surface area contributed by atoms with E-state index in [9.17, 15) is 9.32 Å². The Bertz CT molecular complexity index is 437. The van der Waals surface area contributed by atoms with Gasteiger partial charge in [0.2, 0.25) is 0 Å². The molecule has 1 heterocycles. The lowest BCUT2D eigenvalue weighted by Gasteiger charge is -2.23. The number of rotatable bonds is 2. The lowest BCUT2D eigenvalue weighted by molar-refractivity contribution is 0.0601. The molecule has 1 aliphatic rings. The topological polar surface area (TPSA) is 40.5 Å². The Morgan fingerprint density at radius 3 is 2.81 bits per heavy atom. The molecule has 0 fully saturated rings. The first-order valence-corrected chi connectivity index (χ1v) is 6.46. The fraction of sp³-hybridized carbons (Fsp3) is 0.500. The summed E-state index contributed by atoms with van der Waals surface area (Å²) in [4.78, 5) is 0.884. The Labute approximate surface area is 98.7 Å². The second kappa shape index (κ2) is 3.95. The lowest BCUT2D eigenvalue weighted by atomic mass is 10.1. The highest BCUT2D eigenvalue weighted by molar-refractivity contribution is 7.83. The molecule has 88 valence electrons. The summed E-state index contributed by atoms with van der Waals surface area (Å²) in [5.41, 5.74) is 1.48. The summed E-state index contributed by atoms with van der Waals surface area (Å²) in [5, 5.41) is 9.75. The molecule has 0 aliphatic carbocycles. The summed E-state index contributed by atoms with van der Waals surface area (Å²) >= 11 is 0. The van der Waals surface area contributed by atoms with Gasteiger partial charge >= 0.3 is 0 Å². The molecule has 1 unspecified atom stereocenters. The Morgan fingerprint density at radius 2 is 2.19 bits per heavy atom. The van der Waals surface area contributed by atoms with Crippen molar-refractivity contribution in [2.75, 3.05) is 6.54 Å². The van der Waals surface area contributed by atoms with Gasteiger partial charge in [0.25, 0.3) is 0 Å². The van der Waals surface area contributed by atoms with Crippen LogP contribution in [0.1, 0.15) is 25.0 Å². The molecule has 1 atom stereocenters. The van der Waals surface area contributed by atoms with E-state index in [0.29, 0.717) is 13.1 Å². The summed E-state index contributed by atoms with van der Waals surface area (Å²) < 4.78 is 13.9. The molecule has 0 spiro atoms. The fourth-order valence-electron chi connectivity index (χ4n) is 1.94. The minimum Gasteiger partial charge on any atom is -0.389 e. The van der Waals surface area contributed by atoms with Crippen LogP contribution in [0.3, 0.4) is 0 Å². The van der Waals surface area contributed by atoms with Crippen molar-refractivity contribution >= 4 is 11.0 Å². The highest BCUT2D eigenvalue weighted by Gasteiger charge is 2.30. The van der Waals surface area contributed by atoms with Crippen LogP contribution < -0.4 is 0 Å². The van der Waals surface area contributed by atoms with Crippen molar-refractivity contribution in [1.29, 1.82) is 0 Å². The predicted molar refractivity (Wildman–Crippen MR) is 64.3 cm³/mol. The average molecular weight is 239 g/mol. The van der Waals surface area contributed by atoms with Crippen LogP contribution in [-0.4, -0.2) is 25.8 Å². The van der Waals surface area contributed by atoms with Gasteiger partial charge in [0.1, 0.15) is 11.0 Å². The second-order valence-electron chi connectivity index (χ2n) is 4.97. The van der Waals surface area contributed by atoms with E-state index in [0.717, 1.165) is 10.5 Å². The zero-order chi connectivity index (χ0) is 11.9. The maximum atomic E-state index is 12.1. The summed E-state index contributed by atoms with van der Waals surface area (Å²) in [6, 6.07) is 5.97. The molecule has 0 radical (unpaired) electrons. The molecule has 0 bridgehead atoms. The molecule has 0 saturated heterocycles. The van der Waals surface area contributed by atoms with Gasteiger partial charge in [0.15, 0.2) is 0 Å². The van der Waals surface area contributed by atoms with Gasteiger partial charge in [0, 0.05) is 13.1 Å². The molecular weight excluding hydrogens is 222 g/mol. The number of aliphatic hydroxyl groups is 1. The largest absolute Gasteiger partial charge is 0.389 e. The van der Waals surface area contributed by atoms with Crippen LogP contribution in [0.25, 0.3) is 0 Å². The van der Waals surface area contributed by atoms with Gasteiger partial charge in [-0.1, -0.05) is 17.7 Å². The van der Waals surface area contributed by atoms with E-state index in [1.54, 1.807) is 13.8 Å². The molecule has 0 saturated carbocycles. The van der Waals surface area contributed by atoms with Crippen LogP contribution in [0.15, 0.2) is 23.1 Å². The van der Waals surface area contributed by atoms with Gasteiger partial charge in [-0.2, -0.15) is 0 Å². The molecule has 0 amide bonds. The van der Waals surface area contributed by atoms with Gasteiger partial charge in [-0.05, 0) is 32.4 Å². The predicted octanol–water partition coefficient (Wildman–Crippen LogP) is 1.60. The first kappa shape index (κ1) is 11.8. The maximum Gasteiger partial charge on any atom is 0.128 e. The molecule has 1 aliphatic heterocycles. The number of β-amino-alcohol motifs (C(OH)–C–C–N with tert-alkyl or cyclic N) is 1. The standard InChI is InChI=1S/C12H17NO2S/c1-9-4-5-11-10(6-9)7-13(16(11)15)8-12(2,3)14/h4-6,14H,7-8H2,1-3H3. The molecule has 1 aromatic rings. The quantitative estimate of drug-likeness (QED) is 0.851. The second-order valence-corrected chi connectivity index (χ2v) is 6.43. The smallest absolute Gasteiger partial charge is 0.128 e. The van der Waals surface area contributed by atoms with Gasteiger partial charge < -0.3 is 5.11 Å². The molecule has 2 rings (SSSR count). The monoisotopic (exact) mass is 239 g/mol. The third-order valence-electron chi connectivity index (χ3n) is 2.55. The Kier molecular flexibility index (Phi) is 2.90. The fourth-order valence-corrected chi connectivity index (χ4v) is 3.44. The molecule has 1 N–H and O–H groups in total. The van der Waals surface area contributed by atoms with Gasteiger partial charge in [-0.3, -0.25) is 0 Å². The van der Waals surface area contributed by atoms with Crippen LogP contribution in [0, 0.1) is 6.92 Å². The molecule has 0 aromatic heterocycles. The Balaban J connectivity index is 2.24. The van der Waals surface area contributed by atoms with Crippen molar-refractivity contribution in [1.82, 2.24) is 4.31 Å². The van der Waals surface area contributed by atoms with Crippen molar-refractivity contribution in [3.8, 4) is 0 Å². The highest BCUT2D eigenvalue weighted by atomic mass is 32.2. The van der Waals surface area contributed by atoms with Crippen molar-refractivity contribution < 1.29 is 9.32 Å². The van der Waals surface area contributed by atoms with Crippen LogP contribution in [0.4, 0.5) is 0 Å². The van der Waals surface area contributed by atoms with Crippen LogP contribution in [0.2, 0.25) is 0 Å². The van der Waals surface area contributed by atoms with Crippen molar-refractivity contribution in [3.05, 3.63) is 29.3 Å². The van der Waals surface area contributed by atoms with Crippen LogP contribution >= 0.6 is 0 Å². The van der Waals surface area contributed by atoms with E-state index in [1.165, 1.54) is 5.56 Å². The number of nitrogens with zero attached hydrogens (tertiary/aromatic N) is 1. The zero-order valence-electron chi connectivity index (χ0n) is 9.86. The normalized spacial score (nSPS) is 21.1. The van der Waals surface area contributed by atoms with E-state index in [1.807, 2.05) is 23.4 Å². The summed E-state index contributed by atoms with van der Waals surface area (Å²) in [6.45, 7) is 6.58. The highest BCUT2D eigenvalue weighted by Crippen LogP contribution is 2.28. The van der Waals surface area contributed by atoms with Crippen molar-refractivity contribution in [3.63, 3.8) is 0 Å². The van der Waals surface area contributed by atoms with E-state index in [4.69, 9.17) is 0 Å². The number of fused-ring (bicyclic) bond motifs is 1. The number of aryl methyl sites for hydroxylation is 1. The molecule has 4 heteroatoms. The number of benzene rings is 1.